The van der Waals surface area contributed by atoms with E-state index in [2.05, 4.69) is 10.1 Å². The van der Waals surface area contributed by atoms with Crippen LogP contribution in [0.2, 0.25) is 0 Å². The van der Waals surface area contributed by atoms with Crippen LogP contribution in [-0.4, -0.2) is 17.8 Å². The summed E-state index contributed by atoms with van der Waals surface area (Å²) in [5.74, 6) is 0.585. The molecule has 0 N–H and O–H groups in total. The fourth-order valence-corrected chi connectivity index (χ4v) is 1.55. The molecule has 0 aliphatic heterocycles. The fraction of sp³-hybridized carbons (Fsp3) is 0.200. The smallest absolute Gasteiger partial charge is 0.212 e. The van der Waals surface area contributed by atoms with E-state index in [1.807, 2.05) is 43.3 Å². The predicted octanol–water partition coefficient (Wildman–Crippen LogP) is 3.03. The first kappa shape index (κ1) is 13.1. The molecular weight excluding hydrogens is 240 g/mol. The summed E-state index contributed by atoms with van der Waals surface area (Å²) in [5, 5.41) is 4.08. The Morgan fingerprint density at radius 1 is 1.16 bits per heavy atom. The molecule has 1 aromatic heterocycles. The van der Waals surface area contributed by atoms with Crippen LogP contribution < -0.4 is 4.74 Å². The number of hydrogen-bond acceptors (Lipinski definition) is 4. The van der Waals surface area contributed by atoms with Gasteiger partial charge in [-0.05, 0) is 18.6 Å². The van der Waals surface area contributed by atoms with Gasteiger partial charge < -0.3 is 9.57 Å². The summed E-state index contributed by atoms with van der Waals surface area (Å²) in [4.78, 5) is 9.45. The summed E-state index contributed by atoms with van der Waals surface area (Å²) in [5.41, 5.74) is 2.78. The lowest BCUT2D eigenvalue weighted by atomic mass is 10.2. The highest BCUT2D eigenvalue weighted by atomic mass is 16.6. The maximum Gasteiger partial charge on any atom is 0.212 e. The van der Waals surface area contributed by atoms with E-state index in [-0.39, 0.29) is 0 Å². The van der Waals surface area contributed by atoms with Crippen molar-refractivity contribution >= 4 is 5.71 Å². The number of rotatable bonds is 5. The van der Waals surface area contributed by atoms with Crippen LogP contribution in [0.3, 0.4) is 0 Å². The van der Waals surface area contributed by atoms with Crippen LogP contribution in [0.15, 0.2) is 53.8 Å². The molecule has 1 aromatic carbocycles. The Morgan fingerprint density at radius 2 is 1.95 bits per heavy atom. The van der Waals surface area contributed by atoms with Gasteiger partial charge in [0.15, 0.2) is 0 Å². The molecule has 0 aliphatic carbocycles. The number of pyridine rings is 1. The molecule has 0 amide bonds. The third kappa shape index (κ3) is 3.81. The molecule has 0 spiro atoms. The fourth-order valence-electron chi connectivity index (χ4n) is 1.55. The Morgan fingerprint density at radius 3 is 2.58 bits per heavy atom. The molecule has 0 saturated heterocycles. The van der Waals surface area contributed by atoms with Crippen molar-refractivity contribution in [2.45, 2.75) is 13.5 Å². The van der Waals surface area contributed by atoms with E-state index in [4.69, 9.17) is 9.57 Å². The van der Waals surface area contributed by atoms with Crippen molar-refractivity contribution in [3.8, 4) is 5.88 Å². The zero-order valence-corrected chi connectivity index (χ0v) is 11.0. The SMILES string of the molecule is COc1ccc(C(C)=NOCc2ccccc2)cn1. The molecule has 0 atom stereocenters. The van der Waals surface area contributed by atoms with Gasteiger partial charge in [0, 0.05) is 17.8 Å². The quantitative estimate of drug-likeness (QED) is 0.610. The van der Waals surface area contributed by atoms with E-state index in [9.17, 15) is 0 Å². The molecule has 4 heteroatoms. The van der Waals surface area contributed by atoms with Gasteiger partial charge in [0.25, 0.3) is 0 Å². The zero-order chi connectivity index (χ0) is 13.5. The number of methoxy groups -OCH3 is 1. The summed E-state index contributed by atoms with van der Waals surface area (Å²) in [6.07, 6.45) is 1.71. The second-order valence-corrected chi connectivity index (χ2v) is 4.02. The second kappa shape index (κ2) is 6.54. The molecule has 0 unspecified atom stereocenters. The van der Waals surface area contributed by atoms with Gasteiger partial charge in [-0.15, -0.1) is 0 Å². The Hall–Kier alpha value is -2.36. The lowest BCUT2D eigenvalue weighted by Gasteiger charge is -2.03. The van der Waals surface area contributed by atoms with Gasteiger partial charge in [0.2, 0.25) is 5.88 Å². The van der Waals surface area contributed by atoms with Crippen molar-refractivity contribution in [2.24, 2.45) is 5.16 Å². The maximum atomic E-state index is 5.32. The van der Waals surface area contributed by atoms with E-state index in [0.717, 1.165) is 16.8 Å². The number of hydrogen-bond donors (Lipinski definition) is 0. The number of nitrogens with zero attached hydrogens (tertiary/aromatic N) is 2. The van der Waals surface area contributed by atoms with Crippen molar-refractivity contribution in [1.82, 2.24) is 4.98 Å². The third-order valence-corrected chi connectivity index (χ3v) is 2.64. The third-order valence-electron chi connectivity index (χ3n) is 2.64. The van der Waals surface area contributed by atoms with Crippen LogP contribution in [-0.2, 0) is 11.4 Å². The summed E-state index contributed by atoms with van der Waals surface area (Å²) in [6.45, 7) is 2.34. The van der Waals surface area contributed by atoms with Gasteiger partial charge >= 0.3 is 0 Å². The minimum Gasteiger partial charge on any atom is -0.481 e. The summed E-state index contributed by atoms with van der Waals surface area (Å²) < 4.78 is 5.01. The minimum atomic E-state index is 0.460. The first-order chi connectivity index (χ1) is 9.29. The number of benzene rings is 1. The highest BCUT2D eigenvalue weighted by Crippen LogP contribution is 2.08. The molecule has 1 heterocycles. The maximum absolute atomic E-state index is 5.32. The predicted molar refractivity (Wildman–Crippen MR) is 74.2 cm³/mol. The number of aromatic nitrogens is 1. The number of ether oxygens (including phenoxy) is 1. The van der Waals surface area contributed by atoms with Crippen LogP contribution in [0.25, 0.3) is 0 Å². The van der Waals surface area contributed by atoms with Crippen molar-refractivity contribution in [3.63, 3.8) is 0 Å². The lowest BCUT2D eigenvalue weighted by Crippen LogP contribution is -1.98. The molecule has 2 aromatic rings. The van der Waals surface area contributed by atoms with Gasteiger partial charge in [0.05, 0.1) is 12.8 Å². The van der Waals surface area contributed by atoms with Crippen molar-refractivity contribution in [2.75, 3.05) is 7.11 Å². The first-order valence-corrected chi connectivity index (χ1v) is 6.00. The minimum absolute atomic E-state index is 0.460. The first-order valence-electron chi connectivity index (χ1n) is 6.00. The Bertz CT molecular complexity index is 536. The monoisotopic (exact) mass is 256 g/mol. The average Bonchev–Trinajstić information content (AvgIpc) is 2.48. The van der Waals surface area contributed by atoms with E-state index in [1.165, 1.54) is 0 Å². The molecule has 19 heavy (non-hydrogen) atoms. The molecule has 0 fully saturated rings. The van der Waals surface area contributed by atoms with Gasteiger partial charge in [-0.25, -0.2) is 4.98 Å². The highest BCUT2D eigenvalue weighted by Gasteiger charge is 2.00. The van der Waals surface area contributed by atoms with Crippen LogP contribution >= 0.6 is 0 Å². The molecule has 98 valence electrons. The van der Waals surface area contributed by atoms with Crippen LogP contribution in [0.4, 0.5) is 0 Å². The normalized spacial score (nSPS) is 11.2. The molecule has 0 aliphatic rings. The van der Waals surface area contributed by atoms with E-state index in [1.54, 1.807) is 19.4 Å². The van der Waals surface area contributed by atoms with E-state index in [0.29, 0.717) is 12.5 Å². The number of oxime groups is 1. The average molecular weight is 256 g/mol. The van der Waals surface area contributed by atoms with Crippen molar-refractivity contribution in [1.29, 1.82) is 0 Å². The molecule has 4 nitrogen and oxygen atoms in total. The molecular formula is C15H16N2O2. The Balaban J connectivity index is 1.94. The van der Waals surface area contributed by atoms with Crippen LogP contribution in [0.5, 0.6) is 5.88 Å². The molecule has 0 bridgehead atoms. The second-order valence-electron chi connectivity index (χ2n) is 4.02. The molecule has 2 rings (SSSR count). The van der Waals surface area contributed by atoms with Gasteiger partial charge in [-0.1, -0.05) is 35.5 Å². The Kier molecular flexibility index (Phi) is 4.50. The standard InChI is InChI=1S/C15H16N2O2/c1-12(14-8-9-15(18-2)16-10-14)17-19-11-13-6-4-3-5-7-13/h3-10H,11H2,1-2H3. The summed E-state index contributed by atoms with van der Waals surface area (Å²) in [6, 6.07) is 13.6. The van der Waals surface area contributed by atoms with Gasteiger partial charge in [0.1, 0.15) is 6.61 Å². The van der Waals surface area contributed by atoms with E-state index >= 15 is 0 Å². The summed E-state index contributed by atoms with van der Waals surface area (Å²) >= 11 is 0. The summed E-state index contributed by atoms with van der Waals surface area (Å²) in [7, 11) is 1.59. The largest absolute Gasteiger partial charge is 0.481 e. The van der Waals surface area contributed by atoms with Crippen molar-refractivity contribution < 1.29 is 9.57 Å². The Labute approximate surface area is 112 Å². The van der Waals surface area contributed by atoms with Crippen molar-refractivity contribution in [3.05, 3.63) is 59.8 Å². The van der Waals surface area contributed by atoms with E-state index < -0.39 is 0 Å². The van der Waals surface area contributed by atoms with Crippen LogP contribution in [0.1, 0.15) is 18.1 Å². The topological polar surface area (TPSA) is 43.7 Å². The van der Waals surface area contributed by atoms with Crippen LogP contribution in [0, 0.1) is 0 Å². The van der Waals surface area contributed by atoms with Gasteiger partial charge in [-0.3, -0.25) is 0 Å². The van der Waals surface area contributed by atoms with Gasteiger partial charge in [-0.2, -0.15) is 0 Å². The highest BCUT2D eigenvalue weighted by molar-refractivity contribution is 5.98. The molecule has 0 saturated carbocycles. The lowest BCUT2D eigenvalue weighted by molar-refractivity contribution is 0.130. The molecule has 0 radical (unpaired) electrons. The zero-order valence-electron chi connectivity index (χ0n) is 11.0.